The molecule has 2 rings (SSSR count). The van der Waals surface area contributed by atoms with Gasteiger partial charge in [0, 0.05) is 18.8 Å². The van der Waals surface area contributed by atoms with Crippen LogP contribution in [0.15, 0.2) is 18.3 Å². The summed E-state index contributed by atoms with van der Waals surface area (Å²) in [5, 5.41) is 0. The second kappa shape index (κ2) is 5.82. The largest absolute Gasteiger partial charge is 0.336 e. The van der Waals surface area contributed by atoms with Crippen LogP contribution in [0.2, 0.25) is 0 Å². The smallest absolute Gasteiger partial charge is 0.257 e. The van der Waals surface area contributed by atoms with Crippen LogP contribution in [-0.2, 0) is 0 Å². The molecule has 1 amide bonds. The molecule has 0 spiro atoms. The van der Waals surface area contributed by atoms with Crippen molar-refractivity contribution >= 4 is 11.7 Å². The van der Waals surface area contributed by atoms with E-state index < -0.39 is 0 Å². The Bertz CT molecular complexity index is 421. The molecule has 1 atom stereocenters. The van der Waals surface area contributed by atoms with Crippen molar-refractivity contribution in [2.24, 2.45) is 5.84 Å². The van der Waals surface area contributed by atoms with Gasteiger partial charge < -0.3 is 10.3 Å². The number of piperidine rings is 1. The summed E-state index contributed by atoms with van der Waals surface area (Å²) in [6.45, 7) is 2.96. The van der Waals surface area contributed by atoms with Crippen LogP contribution in [0.1, 0.15) is 43.0 Å². The normalized spacial score (nSPS) is 19.7. The van der Waals surface area contributed by atoms with Crippen LogP contribution in [0.25, 0.3) is 0 Å². The fourth-order valence-corrected chi connectivity index (χ4v) is 2.54. The zero-order valence-corrected chi connectivity index (χ0v) is 10.7. The summed E-state index contributed by atoms with van der Waals surface area (Å²) in [6.07, 6.45) is 6.00. The van der Waals surface area contributed by atoms with Gasteiger partial charge in [-0.3, -0.25) is 4.79 Å². The molecule has 3 N–H and O–H groups in total. The van der Waals surface area contributed by atoms with Gasteiger partial charge in [0.05, 0.1) is 5.56 Å². The van der Waals surface area contributed by atoms with E-state index in [9.17, 15) is 4.79 Å². The van der Waals surface area contributed by atoms with Gasteiger partial charge in [0.2, 0.25) is 0 Å². The fourth-order valence-electron chi connectivity index (χ4n) is 2.54. The van der Waals surface area contributed by atoms with E-state index in [1.807, 2.05) is 4.90 Å². The highest BCUT2D eigenvalue weighted by atomic mass is 16.2. The van der Waals surface area contributed by atoms with Crippen molar-refractivity contribution in [2.75, 3.05) is 12.0 Å². The van der Waals surface area contributed by atoms with E-state index in [-0.39, 0.29) is 5.91 Å². The predicted octanol–water partition coefficient (Wildman–Crippen LogP) is 1.77. The molecule has 1 unspecified atom stereocenters. The number of pyridine rings is 1. The van der Waals surface area contributed by atoms with Gasteiger partial charge in [-0.05, 0) is 37.8 Å². The van der Waals surface area contributed by atoms with Gasteiger partial charge in [0.25, 0.3) is 5.91 Å². The number of hydrogen-bond acceptors (Lipinski definition) is 4. The molecule has 0 aromatic carbocycles. The molecule has 2 heterocycles. The maximum absolute atomic E-state index is 12.5. The van der Waals surface area contributed by atoms with Crippen molar-refractivity contribution in [1.82, 2.24) is 9.88 Å². The first-order valence-corrected chi connectivity index (χ1v) is 6.50. The van der Waals surface area contributed by atoms with E-state index in [0.717, 1.165) is 25.8 Å². The highest BCUT2D eigenvalue weighted by Gasteiger charge is 2.27. The molecule has 5 nitrogen and oxygen atoms in total. The summed E-state index contributed by atoms with van der Waals surface area (Å²) in [6, 6.07) is 3.88. The summed E-state index contributed by atoms with van der Waals surface area (Å²) >= 11 is 0. The molecular formula is C13H20N4O. The van der Waals surface area contributed by atoms with Gasteiger partial charge in [0.1, 0.15) is 0 Å². The Labute approximate surface area is 107 Å². The molecule has 1 aromatic heterocycles. The molecule has 5 heteroatoms. The zero-order valence-electron chi connectivity index (χ0n) is 10.7. The Morgan fingerprint density at radius 1 is 1.61 bits per heavy atom. The fraction of sp³-hybridized carbons (Fsp3) is 0.538. The molecule has 0 saturated carbocycles. The average Bonchev–Trinajstić information content (AvgIpc) is 2.46. The van der Waals surface area contributed by atoms with Gasteiger partial charge in [-0.2, -0.15) is 0 Å². The average molecular weight is 248 g/mol. The second-order valence-electron chi connectivity index (χ2n) is 4.60. The molecule has 0 aliphatic carbocycles. The van der Waals surface area contributed by atoms with Gasteiger partial charge in [-0.1, -0.05) is 6.92 Å². The molecule has 0 bridgehead atoms. The van der Waals surface area contributed by atoms with Crippen LogP contribution in [0.4, 0.5) is 5.82 Å². The quantitative estimate of drug-likeness (QED) is 0.631. The number of amides is 1. The zero-order chi connectivity index (χ0) is 13.0. The minimum atomic E-state index is 0.0302. The molecule has 1 aliphatic heterocycles. The van der Waals surface area contributed by atoms with E-state index >= 15 is 0 Å². The first-order valence-electron chi connectivity index (χ1n) is 6.50. The Hall–Kier alpha value is -1.62. The number of nitrogens with one attached hydrogen (secondary N) is 1. The lowest BCUT2D eigenvalue weighted by Gasteiger charge is -2.35. The van der Waals surface area contributed by atoms with Crippen molar-refractivity contribution in [2.45, 2.75) is 38.6 Å². The van der Waals surface area contributed by atoms with Crippen molar-refractivity contribution in [3.63, 3.8) is 0 Å². The number of aromatic nitrogens is 1. The second-order valence-corrected chi connectivity index (χ2v) is 4.60. The van der Waals surface area contributed by atoms with Crippen molar-refractivity contribution in [1.29, 1.82) is 0 Å². The summed E-state index contributed by atoms with van der Waals surface area (Å²) in [5.41, 5.74) is 3.05. The minimum absolute atomic E-state index is 0.0302. The number of likely N-dealkylation sites (tertiary alicyclic amines) is 1. The number of nitrogens with zero attached hydrogens (tertiary/aromatic N) is 2. The molecular weight excluding hydrogens is 228 g/mol. The molecule has 18 heavy (non-hydrogen) atoms. The van der Waals surface area contributed by atoms with E-state index in [2.05, 4.69) is 17.3 Å². The Balaban J connectivity index is 2.24. The standard InChI is InChI=1S/C13H20N4O/c1-2-10-6-3-4-9-17(10)13(18)11-7-5-8-15-12(11)16-14/h5,7-8,10H,2-4,6,9,14H2,1H3,(H,15,16). The summed E-state index contributed by atoms with van der Waals surface area (Å²) in [5.74, 6) is 5.88. The first-order chi connectivity index (χ1) is 8.77. The third kappa shape index (κ3) is 2.46. The van der Waals surface area contributed by atoms with E-state index in [4.69, 9.17) is 5.84 Å². The maximum Gasteiger partial charge on any atom is 0.257 e. The summed E-state index contributed by atoms with van der Waals surface area (Å²) in [4.78, 5) is 18.6. The van der Waals surface area contributed by atoms with Crippen LogP contribution in [-0.4, -0.2) is 28.4 Å². The van der Waals surface area contributed by atoms with Crippen LogP contribution < -0.4 is 11.3 Å². The number of nitrogens with two attached hydrogens (primary N) is 1. The van der Waals surface area contributed by atoms with E-state index in [1.165, 1.54) is 6.42 Å². The summed E-state index contributed by atoms with van der Waals surface area (Å²) < 4.78 is 0. The van der Waals surface area contributed by atoms with E-state index in [1.54, 1.807) is 18.3 Å². The van der Waals surface area contributed by atoms with Gasteiger partial charge >= 0.3 is 0 Å². The third-order valence-corrected chi connectivity index (χ3v) is 3.53. The number of anilines is 1. The van der Waals surface area contributed by atoms with Crippen LogP contribution in [0.5, 0.6) is 0 Å². The molecule has 98 valence electrons. The minimum Gasteiger partial charge on any atom is -0.336 e. The number of rotatable bonds is 3. The highest BCUT2D eigenvalue weighted by Crippen LogP contribution is 2.23. The lowest BCUT2D eigenvalue weighted by Crippen LogP contribution is -2.43. The van der Waals surface area contributed by atoms with Crippen molar-refractivity contribution in [3.8, 4) is 0 Å². The Morgan fingerprint density at radius 3 is 3.17 bits per heavy atom. The van der Waals surface area contributed by atoms with Crippen LogP contribution in [0.3, 0.4) is 0 Å². The number of hydrogen-bond donors (Lipinski definition) is 2. The molecule has 0 radical (unpaired) electrons. The Morgan fingerprint density at radius 2 is 2.44 bits per heavy atom. The van der Waals surface area contributed by atoms with Gasteiger partial charge in [-0.15, -0.1) is 0 Å². The number of carbonyl (C=O) groups is 1. The van der Waals surface area contributed by atoms with Crippen LogP contribution in [0, 0.1) is 0 Å². The number of carbonyl (C=O) groups excluding carboxylic acids is 1. The Kier molecular flexibility index (Phi) is 4.15. The maximum atomic E-state index is 12.5. The number of hydrazine groups is 1. The topological polar surface area (TPSA) is 71.2 Å². The summed E-state index contributed by atoms with van der Waals surface area (Å²) in [7, 11) is 0. The molecule has 1 fully saturated rings. The lowest BCUT2D eigenvalue weighted by molar-refractivity contribution is 0.0608. The lowest BCUT2D eigenvalue weighted by atomic mass is 9.99. The SMILES string of the molecule is CCC1CCCCN1C(=O)c1cccnc1NN. The van der Waals surface area contributed by atoms with Gasteiger partial charge in [0.15, 0.2) is 5.82 Å². The van der Waals surface area contributed by atoms with Crippen molar-refractivity contribution in [3.05, 3.63) is 23.9 Å². The highest BCUT2D eigenvalue weighted by molar-refractivity contribution is 5.98. The third-order valence-electron chi connectivity index (χ3n) is 3.53. The van der Waals surface area contributed by atoms with Gasteiger partial charge in [-0.25, -0.2) is 10.8 Å². The van der Waals surface area contributed by atoms with E-state index in [0.29, 0.717) is 17.4 Å². The van der Waals surface area contributed by atoms with Crippen molar-refractivity contribution < 1.29 is 4.79 Å². The first kappa shape index (κ1) is 12.8. The van der Waals surface area contributed by atoms with Crippen LogP contribution >= 0.6 is 0 Å². The molecule has 1 aromatic rings. The molecule has 1 aliphatic rings. The number of nitrogen functional groups attached to an aromatic ring is 1. The predicted molar refractivity (Wildman–Crippen MR) is 71.0 cm³/mol. The molecule has 1 saturated heterocycles. The monoisotopic (exact) mass is 248 g/mol.